The molecule has 2 aromatic carbocycles. The second kappa shape index (κ2) is 9.01. The van der Waals surface area contributed by atoms with Gasteiger partial charge in [0.1, 0.15) is 5.00 Å². The van der Waals surface area contributed by atoms with Crippen LogP contribution in [0.3, 0.4) is 0 Å². The Kier molecular flexibility index (Phi) is 5.71. The van der Waals surface area contributed by atoms with Gasteiger partial charge in [-0.15, -0.1) is 23.1 Å². The van der Waals surface area contributed by atoms with Crippen LogP contribution in [0.2, 0.25) is 0 Å². The highest BCUT2D eigenvalue weighted by Gasteiger charge is 2.36. The molecule has 6 rings (SSSR count). The van der Waals surface area contributed by atoms with E-state index in [0.717, 1.165) is 34.7 Å². The molecule has 3 heterocycles. The van der Waals surface area contributed by atoms with Crippen LogP contribution in [0.4, 0.5) is 10.5 Å². The monoisotopic (exact) mass is 485 g/mol. The molecule has 6 heteroatoms. The fourth-order valence-corrected chi connectivity index (χ4v) is 7.13. The Hall–Kier alpha value is -2.96. The number of benzene rings is 2. The van der Waals surface area contributed by atoms with Gasteiger partial charge in [-0.2, -0.15) is 0 Å². The molecule has 1 aliphatic heterocycles. The molecule has 0 fully saturated rings. The van der Waals surface area contributed by atoms with Gasteiger partial charge in [0.2, 0.25) is 0 Å². The summed E-state index contributed by atoms with van der Waals surface area (Å²) in [6, 6.07) is 22.5. The number of nitrogens with zero attached hydrogens (tertiary/aromatic N) is 2. The van der Waals surface area contributed by atoms with Gasteiger partial charge < -0.3 is 14.8 Å². The second-order valence-corrected chi connectivity index (χ2v) is 10.9. The van der Waals surface area contributed by atoms with E-state index in [0.29, 0.717) is 6.54 Å². The number of aromatic nitrogens is 1. The van der Waals surface area contributed by atoms with E-state index < -0.39 is 0 Å². The number of thiophene rings is 1. The number of urea groups is 1. The van der Waals surface area contributed by atoms with E-state index in [-0.39, 0.29) is 12.1 Å². The summed E-state index contributed by atoms with van der Waals surface area (Å²) in [7, 11) is 0. The maximum absolute atomic E-state index is 13.9. The molecule has 1 aliphatic carbocycles. The van der Waals surface area contributed by atoms with E-state index in [2.05, 4.69) is 64.8 Å². The molecule has 0 radical (unpaired) electrons. The summed E-state index contributed by atoms with van der Waals surface area (Å²) >= 11 is 3.60. The molecule has 4 nitrogen and oxygen atoms in total. The lowest BCUT2D eigenvalue weighted by atomic mass is 9.95. The summed E-state index contributed by atoms with van der Waals surface area (Å²) in [5.41, 5.74) is 5.89. The molecule has 2 aliphatic rings. The zero-order valence-corrected chi connectivity index (χ0v) is 20.8. The number of anilines is 1. The van der Waals surface area contributed by atoms with Crippen LogP contribution in [0.15, 0.2) is 77.8 Å². The number of hydrogen-bond acceptors (Lipinski definition) is 3. The number of thioether (sulfide) groups is 1. The molecule has 0 spiro atoms. The van der Waals surface area contributed by atoms with E-state index in [1.165, 1.54) is 33.8 Å². The average molecular weight is 486 g/mol. The predicted octanol–water partition coefficient (Wildman–Crippen LogP) is 7.28. The normalized spacial score (nSPS) is 16.9. The maximum atomic E-state index is 13.9. The number of carbonyl (C=O) groups excluding carboxylic acids is 1. The third-order valence-corrected chi connectivity index (χ3v) is 8.93. The summed E-state index contributed by atoms with van der Waals surface area (Å²) in [6.07, 6.45) is 8.96. The molecule has 0 unspecified atom stereocenters. The smallest absolute Gasteiger partial charge is 0.310 e. The number of aryl methyl sites for hydroxylation is 1. The van der Waals surface area contributed by atoms with Crippen molar-refractivity contribution in [2.24, 2.45) is 0 Å². The van der Waals surface area contributed by atoms with Crippen molar-refractivity contribution < 1.29 is 4.79 Å². The van der Waals surface area contributed by atoms with Gasteiger partial charge in [-0.3, -0.25) is 0 Å². The third-order valence-electron chi connectivity index (χ3n) is 6.88. The number of hydrogen-bond donors (Lipinski definition) is 1. The van der Waals surface area contributed by atoms with Crippen LogP contribution in [0, 0.1) is 0 Å². The van der Waals surface area contributed by atoms with Crippen LogP contribution in [0.5, 0.6) is 0 Å². The molecule has 1 N–H and O–H groups in total. The first-order valence-corrected chi connectivity index (χ1v) is 13.8. The topological polar surface area (TPSA) is 37.3 Å². The van der Waals surface area contributed by atoms with E-state index in [9.17, 15) is 4.79 Å². The standard InChI is InChI=1S/C28H27N3OS2/c1-33-21-12-7-11-20(17-21)29-28(32)31-18-23-22-13-5-6-15-25(22)34-27(23)30-16-8-14-24(30)26(31)19-9-3-2-4-10-19/h2-4,7-12,14,16-17,26H,5-6,13,15,18H2,1H3,(H,29,32)/t26-/m1/s1. The van der Waals surface area contributed by atoms with Crippen molar-refractivity contribution in [1.29, 1.82) is 0 Å². The average Bonchev–Trinajstić information content (AvgIpc) is 3.46. The summed E-state index contributed by atoms with van der Waals surface area (Å²) in [6.45, 7) is 0.608. The lowest BCUT2D eigenvalue weighted by Crippen LogP contribution is -2.38. The van der Waals surface area contributed by atoms with E-state index in [1.54, 1.807) is 11.8 Å². The van der Waals surface area contributed by atoms with E-state index >= 15 is 0 Å². The van der Waals surface area contributed by atoms with Crippen LogP contribution in [-0.2, 0) is 19.4 Å². The minimum atomic E-state index is -0.168. The summed E-state index contributed by atoms with van der Waals surface area (Å²) in [5.74, 6) is 0. The number of amides is 2. The minimum absolute atomic E-state index is 0.0662. The van der Waals surface area contributed by atoms with E-state index in [4.69, 9.17) is 0 Å². The molecule has 172 valence electrons. The Morgan fingerprint density at radius 1 is 1.00 bits per heavy atom. The van der Waals surface area contributed by atoms with Crippen molar-refractivity contribution in [2.75, 3.05) is 11.6 Å². The minimum Gasteiger partial charge on any atom is -0.310 e. The molecule has 34 heavy (non-hydrogen) atoms. The molecular formula is C28H27N3OS2. The van der Waals surface area contributed by atoms with Crippen molar-refractivity contribution in [3.05, 3.63) is 100 Å². The highest BCUT2D eigenvalue weighted by atomic mass is 32.2. The number of nitrogens with one attached hydrogen (secondary N) is 1. The number of carbonyl (C=O) groups is 1. The fraction of sp³-hybridized carbons (Fsp3) is 0.250. The van der Waals surface area contributed by atoms with Crippen LogP contribution in [0.25, 0.3) is 5.00 Å². The van der Waals surface area contributed by atoms with Crippen LogP contribution < -0.4 is 5.32 Å². The van der Waals surface area contributed by atoms with Gasteiger partial charge in [0.05, 0.1) is 18.3 Å². The SMILES string of the molecule is CSc1cccc(NC(=O)N2Cc3c(sc4c3CCCC4)-n3cccc3[C@H]2c2ccccc2)c1. The molecule has 2 amide bonds. The van der Waals surface area contributed by atoms with Gasteiger partial charge >= 0.3 is 6.03 Å². The quantitative estimate of drug-likeness (QED) is 0.310. The first-order chi connectivity index (χ1) is 16.7. The maximum Gasteiger partial charge on any atom is 0.322 e. The molecule has 2 aromatic heterocycles. The summed E-state index contributed by atoms with van der Waals surface area (Å²) in [5, 5.41) is 4.49. The van der Waals surface area contributed by atoms with Gasteiger partial charge in [0, 0.05) is 27.2 Å². The Balaban J connectivity index is 1.48. The van der Waals surface area contributed by atoms with Crippen molar-refractivity contribution in [3.63, 3.8) is 0 Å². The van der Waals surface area contributed by atoms with Crippen LogP contribution in [-0.4, -0.2) is 21.8 Å². The lowest BCUT2D eigenvalue weighted by Gasteiger charge is -2.31. The number of fused-ring (bicyclic) bond motifs is 5. The molecule has 0 bridgehead atoms. The molecule has 1 atom stereocenters. The van der Waals surface area contributed by atoms with Crippen LogP contribution >= 0.6 is 23.1 Å². The van der Waals surface area contributed by atoms with Crippen molar-refractivity contribution in [2.45, 2.75) is 43.2 Å². The van der Waals surface area contributed by atoms with Gasteiger partial charge in [-0.25, -0.2) is 4.79 Å². The van der Waals surface area contributed by atoms with Crippen LogP contribution in [0.1, 0.15) is 46.1 Å². The van der Waals surface area contributed by atoms with E-state index in [1.807, 2.05) is 40.5 Å². The highest BCUT2D eigenvalue weighted by Crippen LogP contribution is 2.44. The Morgan fingerprint density at radius 2 is 1.85 bits per heavy atom. The van der Waals surface area contributed by atoms with Crippen molar-refractivity contribution in [1.82, 2.24) is 9.47 Å². The summed E-state index contributed by atoms with van der Waals surface area (Å²) in [4.78, 5) is 18.6. The fourth-order valence-electron chi connectivity index (χ4n) is 5.27. The van der Waals surface area contributed by atoms with Gasteiger partial charge in [0.15, 0.2) is 0 Å². The molecular weight excluding hydrogens is 458 g/mol. The Bertz CT molecular complexity index is 1340. The van der Waals surface area contributed by atoms with Gasteiger partial charge in [0.25, 0.3) is 0 Å². The first kappa shape index (κ1) is 21.6. The number of rotatable bonds is 3. The zero-order chi connectivity index (χ0) is 23.1. The summed E-state index contributed by atoms with van der Waals surface area (Å²) < 4.78 is 2.33. The molecule has 0 saturated heterocycles. The highest BCUT2D eigenvalue weighted by molar-refractivity contribution is 7.98. The molecule has 0 saturated carbocycles. The van der Waals surface area contributed by atoms with Gasteiger partial charge in [-0.05, 0) is 73.4 Å². The van der Waals surface area contributed by atoms with Crippen molar-refractivity contribution in [3.8, 4) is 5.00 Å². The zero-order valence-electron chi connectivity index (χ0n) is 19.2. The predicted molar refractivity (Wildman–Crippen MR) is 141 cm³/mol. The second-order valence-electron chi connectivity index (χ2n) is 8.90. The third kappa shape index (κ3) is 3.75. The van der Waals surface area contributed by atoms with Gasteiger partial charge in [-0.1, -0.05) is 36.4 Å². The largest absolute Gasteiger partial charge is 0.322 e. The molecule has 4 aromatic rings. The first-order valence-electron chi connectivity index (χ1n) is 11.8. The lowest BCUT2D eigenvalue weighted by molar-refractivity contribution is 0.194. The Morgan fingerprint density at radius 3 is 2.71 bits per heavy atom. The Labute approximate surface area is 208 Å². The van der Waals surface area contributed by atoms with Crippen molar-refractivity contribution >= 4 is 34.8 Å².